The van der Waals surface area contributed by atoms with Crippen LogP contribution < -0.4 is 4.74 Å². The Hall–Kier alpha value is -2.13. The van der Waals surface area contributed by atoms with Crippen LogP contribution in [0.1, 0.15) is 32.8 Å². The second-order valence-electron chi connectivity index (χ2n) is 7.19. The monoisotopic (exact) mass is 399 g/mol. The Morgan fingerprint density at radius 1 is 1.26 bits per heavy atom. The van der Waals surface area contributed by atoms with Gasteiger partial charge in [0.25, 0.3) is 0 Å². The van der Waals surface area contributed by atoms with Crippen LogP contribution in [0.5, 0.6) is 5.75 Å². The van der Waals surface area contributed by atoms with E-state index < -0.39 is 32.9 Å². The molecule has 1 aromatic carbocycles. The van der Waals surface area contributed by atoms with Gasteiger partial charge in [-0.2, -0.15) is 4.31 Å². The minimum atomic E-state index is -4.19. The highest BCUT2D eigenvalue weighted by atomic mass is 32.2. The van der Waals surface area contributed by atoms with Gasteiger partial charge < -0.3 is 14.6 Å². The standard InChI is InChI=1S/C18H25NO7S/c1-17(2,15(20)21)18(3,16(22)25-5)19(4)27(23,24)13-8-9-14-12(11-13)7-6-10-26-14/h8-9,11H,6-7,10H2,1-5H3,(H,20,21)/t18-/m1/s1. The molecule has 1 heterocycles. The van der Waals surface area contributed by atoms with Crippen LogP contribution in [-0.2, 0) is 30.8 Å². The summed E-state index contributed by atoms with van der Waals surface area (Å²) < 4.78 is 37.5. The first-order chi connectivity index (χ1) is 12.4. The third-order valence-corrected chi connectivity index (χ3v) is 7.44. The van der Waals surface area contributed by atoms with Crippen molar-refractivity contribution < 1.29 is 32.6 Å². The molecule has 8 nitrogen and oxygen atoms in total. The quantitative estimate of drug-likeness (QED) is 0.725. The summed E-state index contributed by atoms with van der Waals surface area (Å²) in [6.45, 7) is 4.41. The number of ether oxygens (including phenoxy) is 2. The minimum absolute atomic E-state index is 0.0365. The van der Waals surface area contributed by atoms with E-state index >= 15 is 0 Å². The first-order valence-corrected chi connectivity index (χ1v) is 9.91. The molecule has 2 rings (SSSR count). The van der Waals surface area contributed by atoms with E-state index in [2.05, 4.69) is 0 Å². The van der Waals surface area contributed by atoms with Crippen molar-refractivity contribution in [2.24, 2.45) is 5.41 Å². The highest BCUT2D eigenvalue weighted by Gasteiger charge is 2.59. The Morgan fingerprint density at radius 2 is 1.89 bits per heavy atom. The molecule has 0 unspecified atom stereocenters. The van der Waals surface area contributed by atoms with Crippen LogP contribution in [0.25, 0.3) is 0 Å². The molecule has 0 saturated heterocycles. The molecule has 27 heavy (non-hydrogen) atoms. The number of sulfonamides is 1. The van der Waals surface area contributed by atoms with Crippen LogP contribution in [0.3, 0.4) is 0 Å². The Labute approximate surface area is 159 Å². The summed E-state index contributed by atoms with van der Waals surface area (Å²) in [4.78, 5) is 24.3. The largest absolute Gasteiger partial charge is 0.493 e. The number of carbonyl (C=O) groups is 2. The van der Waals surface area contributed by atoms with Crippen LogP contribution >= 0.6 is 0 Å². The number of esters is 1. The molecular formula is C18H25NO7S. The number of benzene rings is 1. The Balaban J connectivity index is 2.58. The third kappa shape index (κ3) is 3.29. The summed E-state index contributed by atoms with van der Waals surface area (Å²) >= 11 is 0. The summed E-state index contributed by atoms with van der Waals surface area (Å²) in [6, 6.07) is 4.47. The highest BCUT2D eigenvalue weighted by Crippen LogP contribution is 2.40. The Bertz CT molecular complexity index is 862. The molecule has 0 saturated carbocycles. The van der Waals surface area contributed by atoms with Gasteiger partial charge >= 0.3 is 11.9 Å². The lowest BCUT2D eigenvalue weighted by Crippen LogP contribution is -2.64. The number of fused-ring (bicyclic) bond motifs is 1. The number of aliphatic carboxylic acids is 1. The van der Waals surface area contributed by atoms with Gasteiger partial charge in [-0.25, -0.2) is 13.2 Å². The summed E-state index contributed by atoms with van der Waals surface area (Å²) in [6.07, 6.45) is 1.45. The molecule has 0 aliphatic carbocycles. The number of methoxy groups -OCH3 is 1. The molecule has 0 aromatic heterocycles. The number of carbonyl (C=O) groups excluding carboxylic acids is 1. The molecule has 1 aromatic rings. The molecule has 0 fully saturated rings. The molecule has 150 valence electrons. The predicted octanol–water partition coefficient (Wildman–Crippen LogP) is 1.67. The van der Waals surface area contributed by atoms with Gasteiger partial charge in [0.15, 0.2) is 0 Å². The number of likely N-dealkylation sites (N-methyl/N-ethyl adjacent to an activating group) is 1. The fraction of sp³-hybridized carbons (Fsp3) is 0.556. The van der Waals surface area contributed by atoms with Gasteiger partial charge in [-0.3, -0.25) is 4.79 Å². The number of rotatable bonds is 6. The van der Waals surface area contributed by atoms with Crippen molar-refractivity contribution in [3.05, 3.63) is 23.8 Å². The lowest BCUT2D eigenvalue weighted by Gasteiger charge is -2.43. The summed E-state index contributed by atoms with van der Waals surface area (Å²) in [7, 11) is -1.91. The predicted molar refractivity (Wildman–Crippen MR) is 97.0 cm³/mol. The molecule has 1 N–H and O–H groups in total. The summed E-state index contributed by atoms with van der Waals surface area (Å²) in [5.74, 6) is -1.65. The normalized spacial score (nSPS) is 16.8. The fourth-order valence-corrected chi connectivity index (χ4v) is 4.71. The number of carboxylic acids is 1. The summed E-state index contributed by atoms with van der Waals surface area (Å²) in [5.41, 5.74) is -2.97. The van der Waals surface area contributed by atoms with Crippen LogP contribution in [0, 0.1) is 5.41 Å². The van der Waals surface area contributed by atoms with Crippen molar-refractivity contribution in [2.75, 3.05) is 20.8 Å². The first kappa shape index (κ1) is 21.2. The molecule has 1 aliphatic heterocycles. The second kappa shape index (κ2) is 7.12. The maximum Gasteiger partial charge on any atom is 0.328 e. The number of nitrogens with zero attached hydrogens (tertiary/aromatic N) is 1. The van der Waals surface area contributed by atoms with Crippen LogP contribution in [0.4, 0.5) is 0 Å². The first-order valence-electron chi connectivity index (χ1n) is 8.47. The van der Waals surface area contributed by atoms with Gasteiger partial charge in [0, 0.05) is 7.05 Å². The van der Waals surface area contributed by atoms with E-state index in [-0.39, 0.29) is 4.90 Å². The van der Waals surface area contributed by atoms with E-state index in [1.807, 2.05) is 0 Å². The van der Waals surface area contributed by atoms with Crippen molar-refractivity contribution in [3.63, 3.8) is 0 Å². The number of aryl methyl sites for hydroxylation is 1. The zero-order chi connectivity index (χ0) is 20.6. The fourth-order valence-electron chi connectivity index (χ4n) is 3.08. The van der Waals surface area contributed by atoms with Crippen LogP contribution in [0.15, 0.2) is 23.1 Å². The Kier molecular flexibility index (Phi) is 5.58. The molecule has 1 atom stereocenters. The van der Waals surface area contributed by atoms with Crippen molar-refractivity contribution in [3.8, 4) is 5.75 Å². The van der Waals surface area contributed by atoms with Crippen LogP contribution in [-0.4, -0.2) is 56.1 Å². The maximum atomic E-state index is 13.2. The Morgan fingerprint density at radius 3 is 2.44 bits per heavy atom. The maximum absolute atomic E-state index is 13.2. The van der Waals surface area contributed by atoms with Gasteiger partial charge in [-0.05, 0) is 57.4 Å². The molecule has 0 radical (unpaired) electrons. The van der Waals surface area contributed by atoms with E-state index in [0.717, 1.165) is 23.4 Å². The lowest BCUT2D eigenvalue weighted by atomic mass is 9.73. The molecule has 9 heteroatoms. The SMILES string of the molecule is COC(=O)[C@@](C)(N(C)S(=O)(=O)c1ccc2c(c1)CCCO2)C(C)(C)C(=O)O. The second-order valence-corrected chi connectivity index (χ2v) is 9.16. The highest BCUT2D eigenvalue weighted by molar-refractivity contribution is 7.89. The molecule has 1 aliphatic rings. The van der Waals surface area contributed by atoms with E-state index in [4.69, 9.17) is 9.47 Å². The topological polar surface area (TPSA) is 110 Å². The van der Waals surface area contributed by atoms with Crippen molar-refractivity contribution >= 4 is 22.0 Å². The van der Waals surface area contributed by atoms with E-state index in [9.17, 15) is 23.1 Å². The van der Waals surface area contributed by atoms with Gasteiger partial charge in [0.05, 0.1) is 24.0 Å². The zero-order valence-electron chi connectivity index (χ0n) is 16.1. The van der Waals surface area contributed by atoms with E-state index in [1.54, 1.807) is 6.07 Å². The van der Waals surface area contributed by atoms with E-state index in [1.165, 1.54) is 40.0 Å². The van der Waals surface area contributed by atoms with Gasteiger partial charge in [-0.1, -0.05) is 0 Å². The minimum Gasteiger partial charge on any atom is -0.493 e. The molecule has 0 bridgehead atoms. The number of hydrogen-bond donors (Lipinski definition) is 1. The van der Waals surface area contributed by atoms with Crippen molar-refractivity contribution in [1.82, 2.24) is 4.31 Å². The van der Waals surface area contributed by atoms with Gasteiger partial charge in [0.1, 0.15) is 11.3 Å². The van der Waals surface area contributed by atoms with Crippen LogP contribution in [0.2, 0.25) is 0 Å². The van der Waals surface area contributed by atoms with Crippen molar-refractivity contribution in [2.45, 2.75) is 44.0 Å². The number of hydrogen-bond acceptors (Lipinski definition) is 6. The summed E-state index contributed by atoms with van der Waals surface area (Å²) in [5, 5.41) is 9.62. The van der Waals surface area contributed by atoms with E-state index in [0.29, 0.717) is 18.8 Å². The van der Waals surface area contributed by atoms with Crippen molar-refractivity contribution in [1.29, 1.82) is 0 Å². The van der Waals surface area contributed by atoms with Gasteiger partial charge in [-0.15, -0.1) is 0 Å². The number of carboxylic acid groups (broad SMARTS) is 1. The lowest BCUT2D eigenvalue weighted by molar-refractivity contribution is -0.169. The average Bonchev–Trinajstić information content (AvgIpc) is 2.65. The molecular weight excluding hydrogens is 374 g/mol. The molecule has 0 amide bonds. The smallest absolute Gasteiger partial charge is 0.328 e. The van der Waals surface area contributed by atoms with Gasteiger partial charge in [0.2, 0.25) is 10.0 Å². The molecule has 0 spiro atoms. The third-order valence-electron chi connectivity index (χ3n) is 5.50. The zero-order valence-corrected chi connectivity index (χ0v) is 16.9. The average molecular weight is 399 g/mol.